The highest BCUT2D eigenvalue weighted by atomic mass is 16.7. The van der Waals surface area contributed by atoms with E-state index in [-0.39, 0.29) is 23.0 Å². The molecule has 0 bridgehead atoms. The van der Waals surface area contributed by atoms with Gasteiger partial charge >= 0.3 is 5.97 Å². The molecule has 3 aliphatic rings. The van der Waals surface area contributed by atoms with E-state index in [2.05, 4.69) is 23.2 Å². The topological polar surface area (TPSA) is 272 Å². The number of nitrogens with zero attached hydrogens (tertiary/aromatic N) is 1. The number of carbonyl (C=O) groups is 1. The van der Waals surface area contributed by atoms with Crippen molar-refractivity contribution in [2.45, 2.75) is 74.6 Å². The number of rotatable bonds is 9. The number of benzene rings is 3. The fourth-order valence-corrected chi connectivity index (χ4v) is 7.97. The molecule has 284 valence electrons. The molecule has 0 radical (unpaired) electrons. The van der Waals surface area contributed by atoms with Crippen LogP contribution in [0.2, 0.25) is 0 Å². The first-order chi connectivity index (χ1) is 25.7. The van der Waals surface area contributed by atoms with Gasteiger partial charge in [-0.3, -0.25) is 9.79 Å². The van der Waals surface area contributed by atoms with Crippen LogP contribution in [0.3, 0.4) is 0 Å². The van der Waals surface area contributed by atoms with Gasteiger partial charge in [-0.05, 0) is 65.1 Å². The Bertz CT molecular complexity index is 2220. The van der Waals surface area contributed by atoms with Crippen LogP contribution in [0.1, 0.15) is 61.1 Å². The first-order valence-corrected chi connectivity index (χ1v) is 17.6. The van der Waals surface area contributed by atoms with Crippen molar-refractivity contribution in [3.63, 3.8) is 0 Å². The standard InChI is InChI=1S/C39H41N3O12/c40-38(41)42-17-39(51)34(47)33(36(49)50)54-37(35(39)48)53-29-16-28-30(32(46)31(29)45)26(44)15-27(52-28)24-10-9-22(43)14-25(24)21-12-19-7-3-4-8-23(19)20(13-21)11-18-5-1-2-6-18/h3-4,7-10,12,14-16,18,20,33-35,37,43,45-48,51H,1-2,5-6,11,13,17H2,(H,49,50)(H4,40,41,42)/t20-,33-,34+,35-,37-,39-/m0/s1. The third-order valence-electron chi connectivity index (χ3n) is 10.7. The number of hydrogen-bond acceptors (Lipinski definition) is 12. The summed E-state index contributed by atoms with van der Waals surface area (Å²) in [6.07, 6.45) is -0.0997. The Labute approximate surface area is 308 Å². The van der Waals surface area contributed by atoms with Crippen molar-refractivity contribution in [2.75, 3.05) is 6.54 Å². The molecule has 7 rings (SSSR count). The maximum Gasteiger partial charge on any atom is 0.335 e. The van der Waals surface area contributed by atoms with Crippen molar-refractivity contribution in [3.8, 4) is 34.3 Å². The SMILES string of the molecule is NC(N)=NC[C@]1(O)[C@H](O)[C@@H](C(=O)O)O[C@H](Oc2cc3oc(-c4ccc(O)cc4C4=Cc5ccccc5[C@@H](CC5CCCC5)C4)cc(=O)c3c(O)c2O)[C@@H]1O. The number of aliphatic carboxylic acids is 1. The van der Waals surface area contributed by atoms with Gasteiger partial charge in [0.15, 0.2) is 29.0 Å². The van der Waals surface area contributed by atoms with E-state index in [1.165, 1.54) is 37.3 Å². The lowest BCUT2D eigenvalue weighted by atomic mass is 9.76. The lowest BCUT2D eigenvalue weighted by Crippen LogP contribution is -2.70. The highest BCUT2D eigenvalue weighted by Crippen LogP contribution is 2.47. The van der Waals surface area contributed by atoms with Gasteiger partial charge in [0.25, 0.3) is 0 Å². The van der Waals surface area contributed by atoms with Crippen LogP contribution < -0.4 is 21.6 Å². The number of phenols is 3. The summed E-state index contributed by atoms with van der Waals surface area (Å²) in [6, 6.07) is 15.1. The second-order valence-corrected chi connectivity index (χ2v) is 14.2. The smallest absolute Gasteiger partial charge is 0.335 e. The highest BCUT2D eigenvalue weighted by molar-refractivity contribution is 5.93. The van der Waals surface area contributed by atoms with Crippen molar-refractivity contribution in [2.24, 2.45) is 22.4 Å². The molecular formula is C39H41N3O12. The number of aliphatic hydroxyl groups is 3. The van der Waals surface area contributed by atoms with Crippen molar-refractivity contribution < 1.29 is 54.4 Å². The Hall–Kier alpha value is -5.61. The molecule has 0 spiro atoms. The van der Waals surface area contributed by atoms with Gasteiger partial charge in [-0.2, -0.15) is 0 Å². The second kappa shape index (κ2) is 14.3. The largest absolute Gasteiger partial charge is 0.508 e. The zero-order chi connectivity index (χ0) is 38.5. The zero-order valence-electron chi connectivity index (χ0n) is 29.0. The molecule has 2 fully saturated rings. The van der Waals surface area contributed by atoms with Crippen LogP contribution in [0.4, 0.5) is 0 Å². The number of carboxylic acid groups (broad SMARTS) is 1. The Morgan fingerprint density at radius 3 is 2.43 bits per heavy atom. The highest BCUT2D eigenvalue weighted by Gasteiger charge is 2.58. The second-order valence-electron chi connectivity index (χ2n) is 14.2. The van der Waals surface area contributed by atoms with E-state index in [0.717, 1.165) is 29.7 Å². The van der Waals surface area contributed by atoms with E-state index < -0.39 is 76.7 Å². The number of hydrogen-bond donors (Lipinski definition) is 9. The van der Waals surface area contributed by atoms with E-state index in [1.54, 1.807) is 12.1 Å². The Kier molecular flexibility index (Phi) is 9.74. The van der Waals surface area contributed by atoms with Gasteiger partial charge in [0.05, 0.1) is 6.54 Å². The van der Waals surface area contributed by atoms with Crippen molar-refractivity contribution in [1.29, 1.82) is 0 Å². The molecule has 2 heterocycles. The van der Waals surface area contributed by atoms with Crippen LogP contribution in [0.15, 0.2) is 68.8 Å². The van der Waals surface area contributed by atoms with E-state index in [0.29, 0.717) is 23.5 Å². The summed E-state index contributed by atoms with van der Waals surface area (Å²) in [4.78, 5) is 29.1. The molecule has 1 saturated carbocycles. The lowest BCUT2D eigenvalue weighted by molar-refractivity contribution is -0.303. The molecule has 3 aromatic carbocycles. The van der Waals surface area contributed by atoms with Gasteiger partial charge in [0.2, 0.25) is 12.0 Å². The molecule has 54 heavy (non-hydrogen) atoms. The predicted octanol–water partition coefficient (Wildman–Crippen LogP) is 3.10. The third kappa shape index (κ3) is 6.71. The minimum atomic E-state index is -2.72. The molecule has 0 unspecified atom stereocenters. The molecule has 6 atom stereocenters. The predicted molar refractivity (Wildman–Crippen MR) is 196 cm³/mol. The number of aromatic hydroxyl groups is 3. The van der Waals surface area contributed by atoms with Crippen LogP contribution in [-0.2, 0) is 9.53 Å². The number of phenolic OH excluding ortho intramolecular Hbond substituents is 3. The average molecular weight is 744 g/mol. The van der Waals surface area contributed by atoms with E-state index in [1.807, 2.05) is 12.1 Å². The molecule has 2 aliphatic carbocycles. The van der Waals surface area contributed by atoms with E-state index in [9.17, 15) is 45.3 Å². The number of allylic oxidation sites excluding steroid dienone is 1. The van der Waals surface area contributed by atoms with Gasteiger partial charge in [0.1, 0.15) is 40.3 Å². The normalized spacial score (nSPS) is 25.5. The maximum atomic E-state index is 13.6. The lowest BCUT2D eigenvalue weighted by Gasteiger charge is -2.45. The number of aliphatic hydroxyl groups excluding tert-OH is 2. The fraction of sp³-hybridized carbons (Fsp3) is 0.359. The van der Waals surface area contributed by atoms with Crippen LogP contribution in [0, 0.1) is 5.92 Å². The van der Waals surface area contributed by atoms with Gasteiger partial charge in [-0.1, -0.05) is 56.0 Å². The zero-order valence-corrected chi connectivity index (χ0v) is 29.0. The number of nitrogens with two attached hydrogens (primary N) is 2. The minimum absolute atomic E-state index is 0.00198. The summed E-state index contributed by atoms with van der Waals surface area (Å²) in [5, 5.41) is 74.6. The number of fused-ring (bicyclic) bond motifs is 2. The minimum Gasteiger partial charge on any atom is -0.508 e. The molecule has 1 aliphatic heterocycles. The van der Waals surface area contributed by atoms with Crippen LogP contribution in [0.5, 0.6) is 23.0 Å². The summed E-state index contributed by atoms with van der Waals surface area (Å²) >= 11 is 0. The monoisotopic (exact) mass is 743 g/mol. The Morgan fingerprint density at radius 2 is 1.70 bits per heavy atom. The molecule has 1 saturated heterocycles. The number of carboxylic acids is 1. The first-order valence-electron chi connectivity index (χ1n) is 17.6. The summed E-state index contributed by atoms with van der Waals surface area (Å²) < 4.78 is 17.1. The van der Waals surface area contributed by atoms with Crippen molar-refractivity contribution in [1.82, 2.24) is 0 Å². The average Bonchev–Trinajstić information content (AvgIpc) is 3.65. The number of ether oxygens (including phenoxy) is 2. The van der Waals surface area contributed by atoms with Crippen LogP contribution >= 0.6 is 0 Å². The van der Waals surface area contributed by atoms with Gasteiger partial charge in [-0.15, -0.1) is 0 Å². The number of guanidine groups is 1. The maximum absolute atomic E-state index is 13.6. The quantitative estimate of drug-likeness (QED) is 0.0677. The Morgan fingerprint density at radius 1 is 0.963 bits per heavy atom. The summed E-state index contributed by atoms with van der Waals surface area (Å²) in [5.41, 5.74) is 11.3. The van der Waals surface area contributed by atoms with Crippen LogP contribution in [0.25, 0.3) is 33.9 Å². The molecule has 1 aromatic heterocycles. The molecule has 4 aromatic rings. The molecule has 0 amide bonds. The van der Waals surface area contributed by atoms with Crippen molar-refractivity contribution in [3.05, 3.63) is 81.5 Å². The van der Waals surface area contributed by atoms with E-state index in [4.69, 9.17) is 25.4 Å². The molecule has 15 nitrogen and oxygen atoms in total. The summed E-state index contributed by atoms with van der Waals surface area (Å²) in [7, 11) is 0. The van der Waals surface area contributed by atoms with Gasteiger partial charge in [-0.25, -0.2) is 4.79 Å². The third-order valence-corrected chi connectivity index (χ3v) is 10.7. The van der Waals surface area contributed by atoms with Crippen LogP contribution in [-0.4, -0.2) is 84.4 Å². The van der Waals surface area contributed by atoms with Gasteiger partial charge < -0.3 is 61.1 Å². The summed E-state index contributed by atoms with van der Waals surface area (Å²) in [6.45, 7) is -0.865. The molecule has 15 heteroatoms. The van der Waals surface area contributed by atoms with Gasteiger partial charge in [0, 0.05) is 17.7 Å². The first kappa shape index (κ1) is 36.7. The summed E-state index contributed by atoms with van der Waals surface area (Å²) in [5.74, 6) is -3.94. The molecular weight excluding hydrogens is 702 g/mol. The number of aliphatic imine (C=N–C) groups is 1. The van der Waals surface area contributed by atoms with Crippen molar-refractivity contribution >= 4 is 34.5 Å². The Balaban J connectivity index is 1.28. The fourth-order valence-electron chi connectivity index (χ4n) is 7.97. The molecule has 11 N–H and O–H groups in total. The van der Waals surface area contributed by atoms with E-state index >= 15 is 0 Å².